The van der Waals surface area contributed by atoms with Crippen LogP contribution in [0.5, 0.6) is 5.75 Å². The number of hydrogen-bond acceptors (Lipinski definition) is 7. The second-order valence-corrected chi connectivity index (χ2v) is 8.80. The molecule has 0 aliphatic heterocycles. The van der Waals surface area contributed by atoms with Crippen LogP contribution in [-0.2, 0) is 19.5 Å². The third kappa shape index (κ3) is 7.19. The molecule has 0 unspecified atom stereocenters. The first-order valence-corrected chi connectivity index (χ1v) is 11.9. The molecule has 0 bridgehead atoms. The lowest BCUT2D eigenvalue weighted by molar-refractivity contribution is 0.102. The van der Waals surface area contributed by atoms with Crippen molar-refractivity contribution in [1.29, 1.82) is 0 Å². The molecule has 0 saturated carbocycles. The van der Waals surface area contributed by atoms with E-state index >= 15 is 0 Å². The predicted molar refractivity (Wildman–Crippen MR) is 131 cm³/mol. The van der Waals surface area contributed by atoms with E-state index in [0.29, 0.717) is 17.1 Å². The van der Waals surface area contributed by atoms with Gasteiger partial charge < -0.3 is 19.5 Å². The first-order chi connectivity index (χ1) is 16.8. The highest BCUT2D eigenvalue weighted by molar-refractivity contribution is 7.92. The molecule has 3 N–H and O–H groups in total. The van der Waals surface area contributed by atoms with Crippen LogP contribution in [0.2, 0.25) is 0 Å². The number of amides is 2. The average molecular weight is 500 g/mol. The fourth-order valence-corrected chi connectivity index (χ4v) is 4.10. The lowest BCUT2D eigenvalue weighted by atomic mass is 10.2. The molecule has 0 saturated heterocycles. The van der Waals surface area contributed by atoms with E-state index < -0.39 is 22.0 Å². The van der Waals surface area contributed by atoms with Gasteiger partial charge in [-0.05, 0) is 48.5 Å². The number of methoxy groups -OCH3 is 2. The average Bonchev–Trinajstić information content (AvgIpc) is 2.84. The van der Waals surface area contributed by atoms with Gasteiger partial charge in [0.1, 0.15) is 12.4 Å². The lowest BCUT2D eigenvalue weighted by Gasteiger charge is -2.12. The molecule has 0 aliphatic carbocycles. The van der Waals surface area contributed by atoms with Crippen LogP contribution in [0.3, 0.4) is 0 Å². The van der Waals surface area contributed by atoms with Gasteiger partial charge in [0, 0.05) is 24.0 Å². The molecule has 0 radical (unpaired) electrons. The van der Waals surface area contributed by atoms with E-state index in [-0.39, 0.29) is 29.4 Å². The van der Waals surface area contributed by atoms with Crippen LogP contribution in [-0.4, -0.2) is 47.9 Å². The summed E-state index contributed by atoms with van der Waals surface area (Å²) in [7, 11) is -1.05. The van der Waals surface area contributed by atoms with Crippen molar-refractivity contribution in [3.63, 3.8) is 0 Å². The SMILES string of the molecule is COCCOC(=O)Nc1cccc(NC(=O)c2cccc(S(=O)(=O)Nc3ccccc3OC)c2)c1. The summed E-state index contributed by atoms with van der Waals surface area (Å²) in [6.45, 7) is 0.372. The van der Waals surface area contributed by atoms with E-state index in [2.05, 4.69) is 15.4 Å². The molecule has 11 heteroatoms. The van der Waals surface area contributed by atoms with Gasteiger partial charge in [-0.25, -0.2) is 13.2 Å². The van der Waals surface area contributed by atoms with Crippen molar-refractivity contribution >= 4 is 39.1 Å². The summed E-state index contributed by atoms with van der Waals surface area (Å²) >= 11 is 0. The Bertz CT molecular complexity index is 1300. The van der Waals surface area contributed by atoms with Gasteiger partial charge in [-0.3, -0.25) is 14.8 Å². The number of para-hydroxylation sites is 2. The van der Waals surface area contributed by atoms with Gasteiger partial charge in [0.15, 0.2) is 0 Å². The van der Waals surface area contributed by atoms with E-state index in [9.17, 15) is 18.0 Å². The second-order valence-electron chi connectivity index (χ2n) is 7.12. The summed E-state index contributed by atoms with van der Waals surface area (Å²) < 4.78 is 43.2. The maximum Gasteiger partial charge on any atom is 0.411 e. The number of anilines is 3. The van der Waals surface area contributed by atoms with Crippen molar-refractivity contribution in [1.82, 2.24) is 0 Å². The molecule has 3 aromatic rings. The van der Waals surface area contributed by atoms with E-state index in [0.717, 1.165) is 0 Å². The Morgan fingerprint density at radius 3 is 2.29 bits per heavy atom. The molecular weight excluding hydrogens is 474 g/mol. The van der Waals surface area contributed by atoms with Gasteiger partial charge >= 0.3 is 6.09 Å². The van der Waals surface area contributed by atoms with E-state index in [1.807, 2.05) is 0 Å². The monoisotopic (exact) mass is 499 g/mol. The fraction of sp³-hybridized carbons (Fsp3) is 0.167. The highest BCUT2D eigenvalue weighted by atomic mass is 32.2. The molecule has 0 spiro atoms. The Kier molecular flexibility index (Phi) is 8.65. The van der Waals surface area contributed by atoms with Gasteiger partial charge in [0.2, 0.25) is 0 Å². The Morgan fingerprint density at radius 1 is 0.829 bits per heavy atom. The van der Waals surface area contributed by atoms with Crippen LogP contribution in [0.25, 0.3) is 0 Å². The Labute approximate surface area is 203 Å². The van der Waals surface area contributed by atoms with E-state index in [1.54, 1.807) is 48.5 Å². The summed E-state index contributed by atoms with van der Waals surface area (Å²) in [5, 5.41) is 5.23. The molecule has 0 atom stereocenters. The van der Waals surface area contributed by atoms with Crippen LogP contribution in [0, 0.1) is 0 Å². The number of hydrogen-bond donors (Lipinski definition) is 3. The number of carbonyl (C=O) groups excluding carboxylic acids is 2. The van der Waals surface area contributed by atoms with Crippen LogP contribution in [0.1, 0.15) is 10.4 Å². The second kappa shape index (κ2) is 11.9. The molecule has 2 amide bonds. The number of ether oxygens (including phenoxy) is 3. The largest absolute Gasteiger partial charge is 0.495 e. The Hall–Kier alpha value is -4.09. The van der Waals surface area contributed by atoms with Gasteiger partial charge in [-0.15, -0.1) is 0 Å². The molecule has 10 nitrogen and oxygen atoms in total. The summed E-state index contributed by atoms with van der Waals surface area (Å²) in [5.74, 6) is -0.166. The first kappa shape index (κ1) is 25.5. The predicted octanol–water partition coefficient (Wildman–Crippen LogP) is 3.94. The quantitative estimate of drug-likeness (QED) is 0.360. The summed E-state index contributed by atoms with van der Waals surface area (Å²) in [6, 6.07) is 18.6. The minimum Gasteiger partial charge on any atom is -0.495 e. The molecule has 184 valence electrons. The third-order valence-corrected chi connectivity index (χ3v) is 6.01. The van der Waals surface area contributed by atoms with Crippen molar-refractivity contribution in [3.05, 3.63) is 78.4 Å². The van der Waals surface area contributed by atoms with Crippen molar-refractivity contribution in [2.45, 2.75) is 4.90 Å². The first-order valence-electron chi connectivity index (χ1n) is 10.4. The van der Waals surface area contributed by atoms with Crippen LogP contribution in [0.4, 0.5) is 21.9 Å². The number of benzene rings is 3. The Morgan fingerprint density at radius 2 is 1.54 bits per heavy atom. The van der Waals surface area contributed by atoms with Gasteiger partial charge in [0.05, 0.1) is 24.3 Å². The number of sulfonamides is 1. The van der Waals surface area contributed by atoms with Gasteiger partial charge in [-0.2, -0.15) is 0 Å². The minimum absolute atomic E-state index is 0.0923. The number of rotatable bonds is 10. The maximum absolute atomic E-state index is 12.9. The molecule has 3 rings (SSSR count). The number of nitrogens with one attached hydrogen (secondary N) is 3. The van der Waals surface area contributed by atoms with Gasteiger partial charge in [0.25, 0.3) is 15.9 Å². The van der Waals surface area contributed by atoms with Crippen molar-refractivity contribution in [2.75, 3.05) is 42.8 Å². The van der Waals surface area contributed by atoms with E-state index in [1.165, 1.54) is 38.5 Å². The molecular formula is C24H25N3O7S. The molecule has 3 aromatic carbocycles. The van der Waals surface area contributed by atoms with E-state index in [4.69, 9.17) is 14.2 Å². The van der Waals surface area contributed by atoms with Crippen LogP contribution >= 0.6 is 0 Å². The van der Waals surface area contributed by atoms with Crippen LogP contribution in [0.15, 0.2) is 77.7 Å². The minimum atomic E-state index is -3.99. The molecule has 0 aromatic heterocycles. The molecule has 0 heterocycles. The zero-order valence-corrected chi connectivity index (χ0v) is 19.9. The summed E-state index contributed by atoms with van der Waals surface area (Å²) in [5.41, 5.74) is 1.20. The standard InChI is InChI=1S/C24H25N3O7S/c1-32-13-14-34-24(29)26-19-9-6-8-18(16-19)25-23(28)17-7-5-10-20(15-17)35(30,31)27-21-11-3-4-12-22(21)33-2/h3-12,15-16,27H,13-14H2,1-2H3,(H,25,28)(H,26,29). The maximum atomic E-state index is 12.9. The summed E-state index contributed by atoms with van der Waals surface area (Å²) in [6.07, 6.45) is -0.661. The summed E-state index contributed by atoms with van der Waals surface area (Å²) in [4.78, 5) is 24.5. The van der Waals surface area contributed by atoms with Gasteiger partial charge in [-0.1, -0.05) is 24.3 Å². The Balaban J connectivity index is 1.71. The molecule has 0 aliphatic rings. The smallest absolute Gasteiger partial charge is 0.411 e. The van der Waals surface area contributed by atoms with Crippen molar-refractivity contribution in [2.24, 2.45) is 0 Å². The fourth-order valence-electron chi connectivity index (χ4n) is 2.99. The third-order valence-electron chi connectivity index (χ3n) is 4.65. The number of carbonyl (C=O) groups is 2. The highest BCUT2D eigenvalue weighted by Gasteiger charge is 2.18. The molecule has 35 heavy (non-hydrogen) atoms. The van der Waals surface area contributed by atoms with Crippen molar-refractivity contribution in [3.8, 4) is 5.75 Å². The molecule has 0 fully saturated rings. The lowest BCUT2D eigenvalue weighted by Crippen LogP contribution is -2.17. The normalized spacial score (nSPS) is 10.8. The zero-order chi connectivity index (χ0) is 25.3. The highest BCUT2D eigenvalue weighted by Crippen LogP contribution is 2.26. The van der Waals surface area contributed by atoms with Crippen LogP contribution < -0.4 is 20.1 Å². The van der Waals surface area contributed by atoms with Crippen molar-refractivity contribution < 1.29 is 32.2 Å². The topological polar surface area (TPSA) is 132 Å². The zero-order valence-electron chi connectivity index (χ0n) is 19.1.